The summed E-state index contributed by atoms with van der Waals surface area (Å²) in [6, 6.07) is 56.3. The molecular formula is C53H30F2N4O. The Morgan fingerprint density at radius 1 is 0.333 bits per heavy atom. The molecule has 7 heteroatoms. The Morgan fingerprint density at radius 2 is 0.750 bits per heavy atom. The molecule has 13 rings (SSSR count). The van der Waals surface area contributed by atoms with Crippen molar-refractivity contribution in [1.29, 1.82) is 0 Å². The first-order valence-electron chi connectivity index (χ1n) is 19.9. The first-order chi connectivity index (χ1) is 29.6. The van der Waals surface area contributed by atoms with Crippen molar-refractivity contribution in [1.82, 2.24) is 18.7 Å². The van der Waals surface area contributed by atoms with Crippen LogP contribution in [0.25, 0.3) is 116 Å². The second-order valence-electron chi connectivity index (χ2n) is 15.5. The number of aromatic nitrogens is 4. The molecule has 0 saturated heterocycles. The maximum absolute atomic E-state index is 14.5. The summed E-state index contributed by atoms with van der Waals surface area (Å²) in [4.78, 5) is 4.81. The number of halogens is 2. The van der Waals surface area contributed by atoms with Crippen LogP contribution < -0.4 is 0 Å². The largest absolute Gasteiger partial charge is 0.456 e. The molecule has 0 spiro atoms. The van der Waals surface area contributed by atoms with Crippen LogP contribution in [0.3, 0.4) is 0 Å². The summed E-state index contributed by atoms with van der Waals surface area (Å²) in [6.07, 6.45) is 3.89. The highest BCUT2D eigenvalue weighted by Crippen LogP contribution is 2.40. The highest BCUT2D eigenvalue weighted by molar-refractivity contribution is 6.13. The Bertz CT molecular complexity index is 3830. The van der Waals surface area contributed by atoms with Crippen LogP contribution in [0.2, 0.25) is 0 Å². The van der Waals surface area contributed by atoms with E-state index in [1.165, 1.54) is 35.0 Å². The Kier molecular flexibility index (Phi) is 6.73. The van der Waals surface area contributed by atoms with E-state index in [0.717, 1.165) is 94.0 Å². The number of nitrogens with zero attached hydrogens (tertiary/aromatic N) is 4. The molecule has 5 aromatic heterocycles. The Morgan fingerprint density at radius 3 is 1.33 bits per heavy atom. The molecule has 0 fully saturated rings. The number of hydrogen-bond donors (Lipinski definition) is 0. The predicted octanol–water partition coefficient (Wildman–Crippen LogP) is 14.2. The molecule has 0 saturated carbocycles. The molecule has 0 bridgehead atoms. The standard InChI is InChI=1S/C53H30F2N4O/c54-33-15-19-50-42(25-33)43-26-34(55)16-20-51(43)57(50)35-17-22-53-45(28-35)44-24-32(14-21-52(44)60-53)31-13-18-49-41(23-31)40-9-3-6-12-48(40)59(49)37-27-36(29-56-30-37)58-46-10-4-1-7-38(46)39-8-2-5-11-47(39)58/h1-30H. The molecule has 0 N–H and O–H groups in total. The third-order valence-corrected chi connectivity index (χ3v) is 12.2. The molecule has 0 atom stereocenters. The van der Waals surface area contributed by atoms with Crippen molar-refractivity contribution in [2.45, 2.75) is 0 Å². The van der Waals surface area contributed by atoms with Gasteiger partial charge in [0.15, 0.2) is 0 Å². The third-order valence-electron chi connectivity index (χ3n) is 12.2. The van der Waals surface area contributed by atoms with Gasteiger partial charge < -0.3 is 18.1 Å². The van der Waals surface area contributed by atoms with Crippen molar-refractivity contribution in [3.8, 4) is 28.2 Å². The summed E-state index contributed by atoms with van der Waals surface area (Å²) in [7, 11) is 0. The van der Waals surface area contributed by atoms with Crippen molar-refractivity contribution in [2.75, 3.05) is 0 Å². The lowest BCUT2D eigenvalue weighted by Crippen LogP contribution is -1.99. The smallest absolute Gasteiger partial charge is 0.135 e. The van der Waals surface area contributed by atoms with Gasteiger partial charge >= 0.3 is 0 Å². The van der Waals surface area contributed by atoms with Gasteiger partial charge in [-0.15, -0.1) is 0 Å². The Labute approximate surface area is 340 Å². The number of furan rings is 1. The van der Waals surface area contributed by atoms with E-state index in [1.807, 2.05) is 30.6 Å². The van der Waals surface area contributed by atoms with E-state index >= 15 is 0 Å². The summed E-state index contributed by atoms with van der Waals surface area (Å²) in [5, 5.41) is 7.98. The van der Waals surface area contributed by atoms with E-state index in [-0.39, 0.29) is 11.6 Å². The summed E-state index contributed by atoms with van der Waals surface area (Å²) in [6.45, 7) is 0. The quantitative estimate of drug-likeness (QED) is 0.179. The van der Waals surface area contributed by atoms with Crippen molar-refractivity contribution in [3.63, 3.8) is 0 Å². The van der Waals surface area contributed by atoms with Gasteiger partial charge in [-0.3, -0.25) is 4.98 Å². The summed E-state index contributed by atoms with van der Waals surface area (Å²) < 4.78 is 42.0. The normalized spacial score (nSPS) is 12.2. The topological polar surface area (TPSA) is 40.8 Å². The first kappa shape index (κ1) is 33.0. The van der Waals surface area contributed by atoms with E-state index in [4.69, 9.17) is 9.40 Å². The van der Waals surface area contributed by atoms with Crippen LogP contribution in [0.4, 0.5) is 8.78 Å². The molecule has 0 unspecified atom stereocenters. The van der Waals surface area contributed by atoms with Crippen molar-refractivity contribution in [2.24, 2.45) is 0 Å². The lowest BCUT2D eigenvalue weighted by molar-refractivity contribution is 0.628. The van der Waals surface area contributed by atoms with E-state index in [0.29, 0.717) is 10.8 Å². The number of para-hydroxylation sites is 3. The molecule has 0 aliphatic rings. The molecule has 0 radical (unpaired) electrons. The van der Waals surface area contributed by atoms with Gasteiger partial charge in [-0.25, -0.2) is 8.78 Å². The second-order valence-corrected chi connectivity index (χ2v) is 15.5. The molecule has 0 aliphatic carbocycles. The van der Waals surface area contributed by atoms with Gasteiger partial charge in [-0.2, -0.15) is 0 Å². The number of hydrogen-bond acceptors (Lipinski definition) is 2. The van der Waals surface area contributed by atoms with Gasteiger partial charge in [0.05, 0.1) is 56.9 Å². The molecule has 282 valence electrons. The van der Waals surface area contributed by atoms with Crippen LogP contribution in [0.1, 0.15) is 0 Å². The number of rotatable bonds is 4. The molecule has 5 nitrogen and oxygen atoms in total. The van der Waals surface area contributed by atoms with Gasteiger partial charge in [-0.05, 0) is 114 Å². The lowest BCUT2D eigenvalue weighted by Gasteiger charge is -2.12. The molecular weight excluding hydrogens is 747 g/mol. The predicted molar refractivity (Wildman–Crippen MR) is 240 cm³/mol. The zero-order valence-corrected chi connectivity index (χ0v) is 31.8. The Balaban J connectivity index is 0.953. The van der Waals surface area contributed by atoms with Crippen LogP contribution in [0.15, 0.2) is 187 Å². The fraction of sp³-hybridized carbons (Fsp3) is 0. The highest BCUT2D eigenvalue weighted by Gasteiger charge is 2.19. The number of benzene rings is 8. The monoisotopic (exact) mass is 776 g/mol. The molecule has 5 heterocycles. The number of pyridine rings is 1. The number of fused-ring (bicyclic) bond motifs is 12. The average molecular weight is 777 g/mol. The zero-order valence-electron chi connectivity index (χ0n) is 31.8. The lowest BCUT2D eigenvalue weighted by atomic mass is 10.0. The highest BCUT2D eigenvalue weighted by atomic mass is 19.1. The molecule has 0 aliphatic heterocycles. The fourth-order valence-electron chi connectivity index (χ4n) is 9.62. The minimum absolute atomic E-state index is 0.362. The van der Waals surface area contributed by atoms with Crippen LogP contribution in [0, 0.1) is 11.6 Å². The zero-order chi connectivity index (χ0) is 39.6. The maximum atomic E-state index is 14.5. The summed E-state index contributed by atoms with van der Waals surface area (Å²) >= 11 is 0. The third kappa shape index (κ3) is 4.68. The van der Waals surface area contributed by atoms with E-state index in [2.05, 4.69) is 129 Å². The van der Waals surface area contributed by atoms with Gasteiger partial charge in [0, 0.05) is 48.8 Å². The van der Waals surface area contributed by atoms with E-state index in [1.54, 1.807) is 12.1 Å². The van der Waals surface area contributed by atoms with Crippen LogP contribution in [-0.2, 0) is 0 Å². The van der Waals surface area contributed by atoms with Gasteiger partial charge in [0.1, 0.15) is 22.8 Å². The SMILES string of the molecule is Fc1ccc2c(c1)c1cc(F)ccc1n2-c1ccc2oc3ccc(-c4ccc5c(c4)c4ccccc4n5-c4cncc(-n5c6ccccc6c6ccccc65)c4)cc3c2c1. The van der Waals surface area contributed by atoms with Crippen LogP contribution in [-0.4, -0.2) is 18.7 Å². The van der Waals surface area contributed by atoms with Gasteiger partial charge in [0.25, 0.3) is 0 Å². The van der Waals surface area contributed by atoms with Crippen molar-refractivity contribution in [3.05, 3.63) is 194 Å². The second kappa shape index (κ2) is 12.2. The van der Waals surface area contributed by atoms with Crippen LogP contribution in [0.5, 0.6) is 0 Å². The summed E-state index contributed by atoms with van der Waals surface area (Å²) in [5.74, 6) is -0.724. The van der Waals surface area contributed by atoms with Crippen LogP contribution >= 0.6 is 0 Å². The van der Waals surface area contributed by atoms with Crippen molar-refractivity contribution < 1.29 is 13.2 Å². The first-order valence-corrected chi connectivity index (χ1v) is 19.9. The molecule has 0 amide bonds. The van der Waals surface area contributed by atoms with E-state index in [9.17, 15) is 8.78 Å². The molecule has 60 heavy (non-hydrogen) atoms. The fourth-order valence-corrected chi connectivity index (χ4v) is 9.62. The summed E-state index contributed by atoms with van der Waals surface area (Å²) in [5.41, 5.74) is 12.6. The van der Waals surface area contributed by atoms with Gasteiger partial charge in [0.2, 0.25) is 0 Å². The molecule has 13 aromatic rings. The van der Waals surface area contributed by atoms with Gasteiger partial charge in [-0.1, -0.05) is 66.7 Å². The minimum Gasteiger partial charge on any atom is -0.456 e. The van der Waals surface area contributed by atoms with Crippen molar-refractivity contribution >= 4 is 87.4 Å². The minimum atomic E-state index is -0.362. The molecule has 8 aromatic carbocycles. The Hall–Kier alpha value is -8.03. The average Bonchev–Trinajstić information content (AvgIpc) is 4.02. The van der Waals surface area contributed by atoms with E-state index < -0.39 is 0 Å². The maximum Gasteiger partial charge on any atom is 0.135 e.